The number of rotatable bonds is 11. The van der Waals surface area contributed by atoms with E-state index in [1.165, 1.54) is 0 Å². The number of likely N-dealkylation sites (N-methyl/N-ethyl adjacent to an activating group) is 1. The molecule has 0 radical (unpaired) electrons. The van der Waals surface area contributed by atoms with E-state index in [0.29, 0.717) is 32.6 Å². The van der Waals surface area contributed by atoms with Crippen molar-refractivity contribution in [3.63, 3.8) is 0 Å². The largest absolute Gasteiger partial charge is 0.379 e. The van der Waals surface area contributed by atoms with Gasteiger partial charge in [0.2, 0.25) is 11.8 Å². The zero-order chi connectivity index (χ0) is 27.8. The smallest absolute Gasteiger partial charge is 0.327 e. The van der Waals surface area contributed by atoms with Crippen LogP contribution in [0.2, 0.25) is 0 Å². The van der Waals surface area contributed by atoms with Gasteiger partial charge in [0.1, 0.15) is 6.61 Å². The lowest BCUT2D eigenvalue weighted by Crippen LogP contribution is -2.72. The quantitative estimate of drug-likeness (QED) is 0.444. The molecule has 210 valence electrons. The average Bonchev–Trinajstić information content (AvgIpc) is 2.98. The molecule has 1 atom stereocenters. The molecule has 2 saturated heterocycles. The number of nitrogens with zero attached hydrogens (tertiary/aromatic N) is 3. The predicted octanol–water partition coefficient (Wildman–Crippen LogP) is 3.27. The molecule has 0 spiro atoms. The summed E-state index contributed by atoms with van der Waals surface area (Å²) in [5.74, 6) is -0.460. The van der Waals surface area contributed by atoms with Gasteiger partial charge in [-0.2, -0.15) is 0 Å². The van der Waals surface area contributed by atoms with E-state index in [1.54, 1.807) is 11.9 Å². The molecule has 1 N–H and O–H groups in total. The highest BCUT2D eigenvalue weighted by molar-refractivity contribution is 6.03. The van der Waals surface area contributed by atoms with Crippen LogP contribution >= 0.6 is 0 Å². The Morgan fingerprint density at radius 3 is 2.13 bits per heavy atom. The fourth-order valence-electron chi connectivity index (χ4n) is 5.31. The van der Waals surface area contributed by atoms with Gasteiger partial charge in [0.05, 0.1) is 24.7 Å². The molecule has 2 aromatic carbocycles. The van der Waals surface area contributed by atoms with E-state index >= 15 is 0 Å². The summed E-state index contributed by atoms with van der Waals surface area (Å²) >= 11 is 0. The zero-order valence-electron chi connectivity index (χ0n) is 23.2. The molecule has 2 heterocycles. The van der Waals surface area contributed by atoms with Crippen molar-refractivity contribution in [1.82, 2.24) is 20.0 Å². The zero-order valence-corrected chi connectivity index (χ0v) is 23.2. The highest BCUT2D eigenvalue weighted by Crippen LogP contribution is 2.46. The van der Waals surface area contributed by atoms with Gasteiger partial charge in [-0.25, -0.2) is 9.69 Å². The number of ether oxygens (including phenoxy) is 2. The third kappa shape index (κ3) is 6.32. The van der Waals surface area contributed by atoms with Crippen molar-refractivity contribution < 1.29 is 23.9 Å². The Morgan fingerprint density at radius 2 is 1.59 bits per heavy atom. The summed E-state index contributed by atoms with van der Waals surface area (Å²) in [4.78, 5) is 44.9. The monoisotopic (exact) mass is 536 g/mol. The van der Waals surface area contributed by atoms with Gasteiger partial charge in [0, 0.05) is 33.2 Å². The van der Waals surface area contributed by atoms with Gasteiger partial charge < -0.3 is 19.7 Å². The summed E-state index contributed by atoms with van der Waals surface area (Å²) in [7, 11) is 1.75. The third-order valence-corrected chi connectivity index (χ3v) is 8.01. The van der Waals surface area contributed by atoms with Crippen LogP contribution in [0.3, 0.4) is 0 Å². The Morgan fingerprint density at radius 1 is 1.03 bits per heavy atom. The molecule has 4 amide bonds. The van der Waals surface area contributed by atoms with Crippen LogP contribution in [-0.2, 0) is 19.1 Å². The molecule has 4 rings (SSSR count). The normalized spacial score (nSPS) is 19.0. The van der Waals surface area contributed by atoms with Crippen molar-refractivity contribution in [3.8, 4) is 0 Å². The van der Waals surface area contributed by atoms with E-state index in [4.69, 9.17) is 9.47 Å². The van der Waals surface area contributed by atoms with Crippen molar-refractivity contribution in [2.75, 3.05) is 53.0 Å². The number of hydrogen-bond acceptors (Lipinski definition) is 6. The van der Waals surface area contributed by atoms with Crippen molar-refractivity contribution in [3.05, 3.63) is 71.8 Å². The van der Waals surface area contributed by atoms with Crippen LogP contribution in [0.25, 0.3) is 0 Å². The molecule has 2 aliphatic heterocycles. The Balaban J connectivity index is 1.44. The molecule has 0 saturated carbocycles. The maximum absolute atomic E-state index is 13.6. The van der Waals surface area contributed by atoms with E-state index in [-0.39, 0.29) is 18.4 Å². The van der Waals surface area contributed by atoms with Crippen LogP contribution in [0, 0.1) is 5.41 Å². The number of β-lactam (4-membered cyclic amide) rings is 1. The number of amides is 4. The van der Waals surface area contributed by atoms with Crippen LogP contribution < -0.4 is 5.32 Å². The van der Waals surface area contributed by atoms with Crippen LogP contribution in [0.15, 0.2) is 60.7 Å². The summed E-state index contributed by atoms with van der Waals surface area (Å²) in [6.07, 6.45) is 0.209. The molecule has 39 heavy (non-hydrogen) atoms. The summed E-state index contributed by atoms with van der Waals surface area (Å²) in [5, 5.41) is 3.04. The van der Waals surface area contributed by atoms with Gasteiger partial charge in [-0.15, -0.1) is 0 Å². The molecule has 0 aromatic heterocycles. The van der Waals surface area contributed by atoms with E-state index in [2.05, 4.69) is 10.2 Å². The number of nitrogens with one attached hydrogen (secondary N) is 1. The maximum atomic E-state index is 13.6. The lowest BCUT2D eigenvalue weighted by atomic mass is 9.72. The van der Waals surface area contributed by atoms with Crippen molar-refractivity contribution >= 4 is 17.8 Å². The second-order valence-electron chi connectivity index (χ2n) is 10.2. The molecule has 0 aliphatic carbocycles. The second kappa shape index (κ2) is 13.2. The van der Waals surface area contributed by atoms with Crippen molar-refractivity contribution in [1.29, 1.82) is 0 Å². The first-order valence-corrected chi connectivity index (χ1v) is 13.8. The fraction of sp³-hybridized carbons (Fsp3) is 0.500. The second-order valence-corrected chi connectivity index (χ2v) is 10.2. The summed E-state index contributed by atoms with van der Waals surface area (Å²) in [6, 6.07) is 18.3. The number of benzene rings is 2. The molecule has 0 bridgehead atoms. The topological polar surface area (TPSA) is 91.4 Å². The maximum Gasteiger partial charge on any atom is 0.327 e. The standard InChI is InChI=1S/C30H40N4O5/c1-4-30(5-2)27(36)34(28(30)39-22-25(35)32(3)16-17-33-18-20-38-21-19-33)29(37)31-26(23-12-8-6-9-13-23)24-14-10-7-11-15-24/h6-15,26,28H,4-5,16-22H2,1-3H3,(H,31,37). The molecule has 1 unspecified atom stereocenters. The number of imide groups is 1. The molecule has 2 fully saturated rings. The molecular weight excluding hydrogens is 496 g/mol. The minimum atomic E-state index is -0.834. The molecule has 9 nitrogen and oxygen atoms in total. The first-order chi connectivity index (χ1) is 18.9. The lowest BCUT2D eigenvalue weighted by molar-refractivity contribution is -0.211. The number of hydrogen-bond donors (Lipinski definition) is 1. The van der Waals surface area contributed by atoms with Gasteiger partial charge in [-0.3, -0.25) is 14.5 Å². The van der Waals surface area contributed by atoms with Crippen molar-refractivity contribution in [2.45, 2.75) is 39.0 Å². The first kappa shape index (κ1) is 28.7. The van der Waals surface area contributed by atoms with E-state index in [9.17, 15) is 14.4 Å². The minimum Gasteiger partial charge on any atom is -0.379 e. The van der Waals surface area contributed by atoms with Crippen LogP contribution in [0.4, 0.5) is 4.79 Å². The Hall–Kier alpha value is -3.27. The van der Waals surface area contributed by atoms with Gasteiger partial charge >= 0.3 is 6.03 Å². The van der Waals surface area contributed by atoms with E-state index < -0.39 is 23.7 Å². The number of carbonyl (C=O) groups excluding carboxylic acids is 3. The van der Waals surface area contributed by atoms with Gasteiger partial charge in [0.25, 0.3) is 0 Å². The molecular formula is C30H40N4O5. The molecule has 2 aromatic rings. The third-order valence-electron chi connectivity index (χ3n) is 8.01. The Bertz CT molecular complexity index is 1060. The Labute approximate surface area is 231 Å². The Kier molecular flexibility index (Phi) is 9.72. The minimum absolute atomic E-state index is 0.185. The van der Waals surface area contributed by atoms with Crippen molar-refractivity contribution in [2.24, 2.45) is 5.41 Å². The lowest BCUT2D eigenvalue weighted by Gasteiger charge is -2.53. The summed E-state index contributed by atoms with van der Waals surface area (Å²) < 4.78 is 11.5. The summed E-state index contributed by atoms with van der Waals surface area (Å²) in [6.45, 7) is 8.09. The fourth-order valence-corrected chi connectivity index (χ4v) is 5.31. The highest BCUT2D eigenvalue weighted by Gasteiger charge is 2.62. The van der Waals surface area contributed by atoms with Crippen LogP contribution in [-0.4, -0.2) is 91.8 Å². The van der Waals surface area contributed by atoms with Gasteiger partial charge in [0.15, 0.2) is 6.23 Å². The van der Waals surface area contributed by atoms with E-state index in [0.717, 1.165) is 35.7 Å². The predicted molar refractivity (Wildman–Crippen MR) is 148 cm³/mol. The summed E-state index contributed by atoms with van der Waals surface area (Å²) in [5.41, 5.74) is 0.965. The average molecular weight is 537 g/mol. The van der Waals surface area contributed by atoms with E-state index in [1.807, 2.05) is 74.5 Å². The van der Waals surface area contributed by atoms with Gasteiger partial charge in [-0.05, 0) is 24.0 Å². The highest BCUT2D eigenvalue weighted by atomic mass is 16.5. The number of urea groups is 1. The molecule has 9 heteroatoms. The molecule has 2 aliphatic rings. The van der Waals surface area contributed by atoms with Crippen LogP contribution in [0.1, 0.15) is 43.9 Å². The number of morpholine rings is 1. The van der Waals surface area contributed by atoms with Crippen LogP contribution in [0.5, 0.6) is 0 Å². The first-order valence-electron chi connectivity index (χ1n) is 13.8. The number of likely N-dealkylation sites (tertiary alicyclic amines) is 1. The SMILES string of the molecule is CCC1(CC)C(=O)N(C(=O)NC(c2ccccc2)c2ccccc2)C1OCC(=O)N(C)CCN1CCOCC1. The number of carbonyl (C=O) groups is 3. The van der Waals surface area contributed by atoms with Gasteiger partial charge in [-0.1, -0.05) is 74.5 Å².